The first-order valence-electron chi connectivity index (χ1n) is 5.81. The van der Waals surface area contributed by atoms with Gasteiger partial charge in [0, 0.05) is 12.8 Å². The maximum atomic E-state index is 11.9. The summed E-state index contributed by atoms with van der Waals surface area (Å²) in [4.78, 5) is 22.7. The van der Waals surface area contributed by atoms with E-state index in [1.54, 1.807) is 25.1 Å². The van der Waals surface area contributed by atoms with Gasteiger partial charge in [-0.2, -0.15) is 0 Å². The number of carbonyl (C=O) groups is 2. The first-order valence-corrected chi connectivity index (χ1v) is 5.81. The van der Waals surface area contributed by atoms with Crippen LogP contribution in [0.3, 0.4) is 0 Å². The first kappa shape index (κ1) is 13.4. The maximum absolute atomic E-state index is 11.9. The number of carbonyl (C=O) groups excluding carboxylic acids is 2. The molecule has 0 saturated heterocycles. The molecule has 0 aromatic heterocycles. The third kappa shape index (κ3) is 4.39. The minimum Gasteiger partial charge on any atom is -0.507 e. The predicted molar refractivity (Wildman–Crippen MR) is 66.1 cm³/mol. The van der Waals surface area contributed by atoms with Gasteiger partial charge in [0.2, 0.25) is 0 Å². The molecule has 0 saturated carbocycles. The van der Waals surface area contributed by atoms with Gasteiger partial charge >= 0.3 is 0 Å². The van der Waals surface area contributed by atoms with Crippen molar-refractivity contribution in [2.75, 3.05) is 0 Å². The van der Waals surface area contributed by atoms with Crippen LogP contribution in [-0.2, 0) is 4.79 Å². The largest absolute Gasteiger partial charge is 0.507 e. The molecule has 3 heteroatoms. The molecule has 0 bridgehead atoms. The molecule has 1 N–H and O–H groups in total. The molecule has 0 aliphatic rings. The number of hydrogen-bond acceptors (Lipinski definition) is 3. The van der Waals surface area contributed by atoms with E-state index in [-0.39, 0.29) is 23.2 Å². The monoisotopic (exact) mass is 234 g/mol. The van der Waals surface area contributed by atoms with Gasteiger partial charge in [0.25, 0.3) is 0 Å². The summed E-state index contributed by atoms with van der Waals surface area (Å²) < 4.78 is 0. The molecular formula is C14H18O3. The van der Waals surface area contributed by atoms with Gasteiger partial charge in [0.1, 0.15) is 11.5 Å². The number of phenolic OH excluding ortho intramolecular Hbond substituents is 1. The van der Waals surface area contributed by atoms with Gasteiger partial charge < -0.3 is 9.90 Å². The Morgan fingerprint density at radius 1 is 1.29 bits per heavy atom. The number of aromatic hydroxyl groups is 1. The minimum atomic E-state index is -0.0702. The average Bonchev–Trinajstić information content (AvgIpc) is 2.26. The maximum Gasteiger partial charge on any atom is 0.166 e. The van der Waals surface area contributed by atoms with Gasteiger partial charge in [-0.25, -0.2) is 0 Å². The molecule has 0 aliphatic heterocycles. The second-order valence-corrected chi connectivity index (χ2v) is 4.49. The third-order valence-corrected chi connectivity index (χ3v) is 2.73. The molecule has 1 rings (SSSR count). The van der Waals surface area contributed by atoms with Crippen LogP contribution in [0.4, 0.5) is 0 Å². The second-order valence-electron chi connectivity index (χ2n) is 4.49. The van der Waals surface area contributed by atoms with E-state index in [0.717, 1.165) is 0 Å². The zero-order chi connectivity index (χ0) is 12.8. The van der Waals surface area contributed by atoms with Crippen molar-refractivity contribution < 1.29 is 14.7 Å². The lowest BCUT2D eigenvalue weighted by Crippen LogP contribution is -2.07. The molecule has 0 amide bonds. The summed E-state index contributed by atoms with van der Waals surface area (Å²) >= 11 is 0. The Morgan fingerprint density at radius 3 is 2.53 bits per heavy atom. The van der Waals surface area contributed by atoms with Crippen molar-refractivity contribution in [3.05, 3.63) is 29.8 Å². The Labute approximate surface area is 101 Å². The van der Waals surface area contributed by atoms with Gasteiger partial charge in [-0.15, -0.1) is 0 Å². The molecule has 0 aliphatic carbocycles. The minimum absolute atomic E-state index is 0.0243. The second kappa shape index (κ2) is 6.18. The highest BCUT2D eigenvalue weighted by atomic mass is 16.3. The van der Waals surface area contributed by atoms with Crippen molar-refractivity contribution in [3.63, 3.8) is 0 Å². The first-order chi connectivity index (χ1) is 8.00. The lowest BCUT2D eigenvalue weighted by atomic mass is 9.95. The molecule has 92 valence electrons. The van der Waals surface area contributed by atoms with Crippen molar-refractivity contribution in [1.29, 1.82) is 0 Å². The summed E-state index contributed by atoms with van der Waals surface area (Å²) in [6.45, 7) is 3.50. The predicted octanol–water partition coefficient (Wildman–Crippen LogP) is 2.97. The van der Waals surface area contributed by atoms with Crippen LogP contribution in [0.25, 0.3) is 0 Å². The molecule has 0 heterocycles. The average molecular weight is 234 g/mol. The van der Waals surface area contributed by atoms with E-state index in [1.807, 2.05) is 6.92 Å². The number of rotatable bonds is 6. The van der Waals surface area contributed by atoms with E-state index in [0.29, 0.717) is 24.8 Å². The van der Waals surface area contributed by atoms with Crippen molar-refractivity contribution in [2.45, 2.75) is 33.1 Å². The van der Waals surface area contributed by atoms with E-state index in [4.69, 9.17) is 0 Å². The molecular weight excluding hydrogens is 216 g/mol. The molecule has 1 unspecified atom stereocenters. The Hall–Kier alpha value is -1.64. The smallest absolute Gasteiger partial charge is 0.166 e. The van der Waals surface area contributed by atoms with Crippen molar-refractivity contribution in [3.8, 4) is 5.75 Å². The van der Waals surface area contributed by atoms with Crippen molar-refractivity contribution >= 4 is 11.6 Å². The van der Waals surface area contributed by atoms with E-state index in [9.17, 15) is 14.7 Å². The molecule has 0 spiro atoms. The highest BCUT2D eigenvalue weighted by Crippen LogP contribution is 2.21. The lowest BCUT2D eigenvalue weighted by molar-refractivity contribution is -0.117. The molecule has 0 fully saturated rings. The highest BCUT2D eigenvalue weighted by Gasteiger charge is 2.14. The Morgan fingerprint density at radius 2 is 1.94 bits per heavy atom. The van der Waals surface area contributed by atoms with Crippen LogP contribution in [0.5, 0.6) is 5.75 Å². The summed E-state index contributed by atoms with van der Waals surface area (Å²) in [7, 11) is 0. The summed E-state index contributed by atoms with van der Waals surface area (Å²) in [5.41, 5.74) is 0.363. The van der Waals surface area contributed by atoms with Gasteiger partial charge in [0.15, 0.2) is 5.78 Å². The van der Waals surface area contributed by atoms with E-state index >= 15 is 0 Å². The van der Waals surface area contributed by atoms with Crippen molar-refractivity contribution in [1.82, 2.24) is 0 Å². The quantitative estimate of drug-likeness (QED) is 0.770. The Kier molecular flexibility index (Phi) is 4.88. The van der Waals surface area contributed by atoms with Gasteiger partial charge in [-0.1, -0.05) is 19.1 Å². The molecule has 1 aromatic rings. The number of para-hydroxylation sites is 1. The molecule has 3 nitrogen and oxygen atoms in total. The molecule has 17 heavy (non-hydrogen) atoms. The Bertz CT molecular complexity index is 410. The molecule has 0 radical (unpaired) electrons. The number of Topliss-reactive ketones (excluding diaryl/α,β-unsaturated/α-hetero) is 2. The highest BCUT2D eigenvalue weighted by molar-refractivity contribution is 5.98. The van der Waals surface area contributed by atoms with E-state index in [2.05, 4.69) is 0 Å². The lowest BCUT2D eigenvalue weighted by Gasteiger charge is -2.10. The summed E-state index contributed by atoms with van der Waals surface area (Å²) in [6.07, 6.45) is 1.59. The standard InChI is InChI=1S/C14H18O3/c1-10(7-8-11(2)15)9-14(17)12-5-3-4-6-13(12)16/h3-6,10,16H,7-9H2,1-2H3. The Balaban J connectivity index is 2.55. The number of ketones is 2. The topological polar surface area (TPSA) is 54.4 Å². The van der Waals surface area contributed by atoms with E-state index < -0.39 is 0 Å². The molecule has 1 atom stereocenters. The van der Waals surface area contributed by atoms with E-state index in [1.165, 1.54) is 6.07 Å². The van der Waals surface area contributed by atoms with Crippen LogP contribution < -0.4 is 0 Å². The number of benzene rings is 1. The van der Waals surface area contributed by atoms with Gasteiger partial charge in [-0.3, -0.25) is 4.79 Å². The fourth-order valence-electron chi connectivity index (χ4n) is 1.69. The SMILES string of the molecule is CC(=O)CCC(C)CC(=O)c1ccccc1O. The van der Waals surface area contributed by atoms with Gasteiger partial charge in [0.05, 0.1) is 5.56 Å². The summed E-state index contributed by atoms with van der Waals surface area (Å²) in [6, 6.07) is 6.54. The summed E-state index contributed by atoms with van der Waals surface area (Å²) in [5.74, 6) is 0.258. The summed E-state index contributed by atoms with van der Waals surface area (Å²) in [5, 5.41) is 9.54. The molecule has 1 aromatic carbocycles. The van der Waals surface area contributed by atoms with Crippen LogP contribution in [0.1, 0.15) is 43.5 Å². The van der Waals surface area contributed by atoms with Crippen molar-refractivity contribution in [2.24, 2.45) is 5.92 Å². The fourth-order valence-corrected chi connectivity index (χ4v) is 1.69. The number of hydrogen-bond donors (Lipinski definition) is 1. The normalized spacial score (nSPS) is 12.1. The van der Waals surface area contributed by atoms with Crippen LogP contribution in [-0.4, -0.2) is 16.7 Å². The van der Waals surface area contributed by atoms with Crippen LogP contribution in [0, 0.1) is 5.92 Å². The third-order valence-electron chi connectivity index (χ3n) is 2.73. The van der Waals surface area contributed by atoms with Crippen LogP contribution in [0.2, 0.25) is 0 Å². The fraction of sp³-hybridized carbons (Fsp3) is 0.429. The zero-order valence-corrected chi connectivity index (χ0v) is 10.3. The zero-order valence-electron chi connectivity index (χ0n) is 10.3. The van der Waals surface area contributed by atoms with Crippen LogP contribution >= 0.6 is 0 Å². The number of phenols is 1. The van der Waals surface area contributed by atoms with Crippen LogP contribution in [0.15, 0.2) is 24.3 Å². The van der Waals surface area contributed by atoms with Gasteiger partial charge in [-0.05, 0) is 31.4 Å².